The van der Waals surface area contributed by atoms with Gasteiger partial charge in [0.05, 0.1) is 40.7 Å². The van der Waals surface area contributed by atoms with Crippen molar-refractivity contribution in [3.8, 4) is 5.75 Å². The lowest BCUT2D eigenvalue weighted by molar-refractivity contribution is -0.142. The lowest BCUT2D eigenvalue weighted by Gasteiger charge is -2.27. The molecule has 11 nitrogen and oxygen atoms in total. The largest absolute Gasteiger partial charge is 0.493 e. The van der Waals surface area contributed by atoms with E-state index >= 15 is 0 Å². The normalized spacial score (nSPS) is 15.9. The maximum atomic E-state index is 12.8. The van der Waals surface area contributed by atoms with Gasteiger partial charge in [-0.05, 0) is 37.3 Å². The molecule has 0 spiro atoms. The van der Waals surface area contributed by atoms with E-state index < -0.39 is 29.7 Å². The second kappa shape index (κ2) is 12.6. The van der Waals surface area contributed by atoms with Crippen LogP contribution in [0.25, 0.3) is 0 Å². The third-order valence-electron chi connectivity index (χ3n) is 5.86. The van der Waals surface area contributed by atoms with Crippen molar-refractivity contribution in [1.82, 2.24) is 16.0 Å². The minimum absolute atomic E-state index is 0.0261. The Kier molecular flexibility index (Phi) is 9.56. The van der Waals surface area contributed by atoms with Crippen LogP contribution in [-0.4, -0.2) is 54.6 Å². The second-order valence-corrected chi connectivity index (χ2v) is 9.28. The zero-order chi connectivity index (χ0) is 27.1. The number of carboxylic acid groups (broad SMARTS) is 1. The number of carbonyl (C=O) groups excluding carboxylic acids is 2. The molecule has 3 atom stereocenters. The third kappa shape index (κ3) is 7.48. The number of hydrogen-bond acceptors (Lipinski definition) is 6. The van der Waals surface area contributed by atoms with Crippen molar-refractivity contribution in [2.75, 3.05) is 25.0 Å². The maximum absolute atomic E-state index is 12.8. The smallest absolute Gasteiger partial charge is 0.308 e. The molecule has 0 saturated carbocycles. The number of hydrogen-bond donors (Lipinski definition) is 7. The minimum atomic E-state index is -1.14. The number of anilines is 1. The number of halogens is 2. The van der Waals surface area contributed by atoms with Crippen LogP contribution in [-0.2, 0) is 9.59 Å². The van der Waals surface area contributed by atoms with E-state index in [2.05, 4.69) is 21.3 Å². The van der Waals surface area contributed by atoms with Gasteiger partial charge < -0.3 is 36.8 Å². The number of nitrogens with two attached hydrogens (primary N) is 1. The van der Waals surface area contributed by atoms with Crippen molar-refractivity contribution < 1.29 is 24.2 Å². The van der Waals surface area contributed by atoms with Crippen molar-refractivity contribution in [3.05, 3.63) is 57.6 Å². The molecule has 0 saturated heterocycles. The summed E-state index contributed by atoms with van der Waals surface area (Å²) in [6.07, 6.45) is 0.608. The molecule has 0 aliphatic carbocycles. The summed E-state index contributed by atoms with van der Waals surface area (Å²) in [6, 6.07) is 8.76. The van der Waals surface area contributed by atoms with Gasteiger partial charge in [0, 0.05) is 30.3 Å². The van der Waals surface area contributed by atoms with Crippen LogP contribution in [0.5, 0.6) is 5.75 Å². The van der Waals surface area contributed by atoms with Crippen molar-refractivity contribution >= 4 is 52.6 Å². The zero-order valence-corrected chi connectivity index (χ0v) is 21.4. The van der Waals surface area contributed by atoms with Crippen LogP contribution in [0.1, 0.15) is 35.3 Å². The molecule has 0 fully saturated rings. The van der Waals surface area contributed by atoms with Crippen LogP contribution >= 0.6 is 23.2 Å². The lowest BCUT2D eigenvalue weighted by Crippen LogP contribution is -2.50. The predicted octanol–water partition coefficient (Wildman–Crippen LogP) is 2.35. The van der Waals surface area contributed by atoms with Crippen molar-refractivity contribution in [3.63, 3.8) is 0 Å². The molecule has 198 valence electrons. The van der Waals surface area contributed by atoms with Crippen LogP contribution in [0.3, 0.4) is 0 Å². The van der Waals surface area contributed by atoms with Crippen molar-refractivity contribution in [2.24, 2.45) is 11.7 Å². The summed E-state index contributed by atoms with van der Waals surface area (Å²) < 4.78 is 5.67. The van der Waals surface area contributed by atoms with Gasteiger partial charge in [-0.3, -0.25) is 19.8 Å². The van der Waals surface area contributed by atoms with Gasteiger partial charge in [-0.15, -0.1) is 0 Å². The van der Waals surface area contributed by atoms with Gasteiger partial charge in [0.2, 0.25) is 5.91 Å². The first-order valence-electron chi connectivity index (χ1n) is 11.4. The molecule has 1 heterocycles. The standard InChI is InChI=1S/C24H28Cl2N6O5/c1-12(23(35)36)18(32-22(34)21-15(25)3-2-4-16(21)26)10-30-20(33)11-29-17-7-8-37-19-6-5-13(9-14(17)19)31-24(27)28/h2-6,9,12,17-18,29H,7-8,10-11H2,1H3,(H,30,33)(H,32,34)(H,35,36)(H4,27,28,31)/t12-,17?,18-/m0/s1. The van der Waals surface area contributed by atoms with E-state index in [1.807, 2.05) is 0 Å². The zero-order valence-electron chi connectivity index (χ0n) is 19.9. The van der Waals surface area contributed by atoms with Gasteiger partial charge >= 0.3 is 5.97 Å². The molecule has 3 rings (SSSR count). The first-order valence-corrected chi connectivity index (χ1v) is 12.2. The molecule has 13 heteroatoms. The highest BCUT2D eigenvalue weighted by atomic mass is 35.5. The predicted molar refractivity (Wildman–Crippen MR) is 140 cm³/mol. The maximum Gasteiger partial charge on any atom is 0.308 e. The highest BCUT2D eigenvalue weighted by Gasteiger charge is 2.28. The highest BCUT2D eigenvalue weighted by Crippen LogP contribution is 2.34. The number of carboxylic acids is 1. The van der Waals surface area contributed by atoms with Crippen LogP contribution in [0.4, 0.5) is 5.69 Å². The lowest BCUT2D eigenvalue weighted by atomic mass is 9.99. The number of fused-ring (bicyclic) bond motifs is 1. The second-order valence-electron chi connectivity index (χ2n) is 8.47. The molecule has 0 aromatic heterocycles. The molecule has 8 N–H and O–H groups in total. The Morgan fingerprint density at radius 1 is 1.22 bits per heavy atom. The summed E-state index contributed by atoms with van der Waals surface area (Å²) in [7, 11) is 0. The first kappa shape index (κ1) is 28.0. The average Bonchev–Trinajstić information content (AvgIpc) is 2.84. The molecule has 1 aliphatic heterocycles. The van der Waals surface area contributed by atoms with E-state index in [1.54, 1.807) is 24.3 Å². The van der Waals surface area contributed by atoms with Crippen LogP contribution < -0.4 is 31.7 Å². The summed E-state index contributed by atoms with van der Waals surface area (Å²) in [5.74, 6) is -2.72. The van der Waals surface area contributed by atoms with E-state index in [0.29, 0.717) is 24.5 Å². The summed E-state index contributed by atoms with van der Waals surface area (Å²) in [4.78, 5) is 37.0. The number of benzene rings is 2. The van der Waals surface area contributed by atoms with Gasteiger partial charge in [-0.25, -0.2) is 0 Å². The molecule has 1 aliphatic rings. The van der Waals surface area contributed by atoms with Crippen LogP contribution in [0.2, 0.25) is 10.0 Å². The topological polar surface area (TPSA) is 179 Å². The van der Waals surface area contributed by atoms with E-state index in [1.165, 1.54) is 19.1 Å². The Hall–Kier alpha value is -3.54. The van der Waals surface area contributed by atoms with Gasteiger partial charge in [0.1, 0.15) is 5.75 Å². The van der Waals surface area contributed by atoms with Gasteiger partial charge in [0.25, 0.3) is 5.91 Å². The van der Waals surface area contributed by atoms with E-state index in [9.17, 15) is 19.5 Å². The Balaban J connectivity index is 1.61. The molecule has 37 heavy (non-hydrogen) atoms. The molecule has 0 radical (unpaired) electrons. The van der Waals surface area contributed by atoms with Gasteiger partial charge in [-0.2, -0.15) is 0 Å². The number of amides is 2. The van der Waals surface area contributed by atoms with Crippen LogP contribution in [0, 0.1) is 11.3 Å². The molecular weight excluding hydrogens is 523 g/mol. The number of rotatable bonds is 10. The van der Waals surface area contributed by atoms with E-state index in [0.717, 1.165) is 5.56 Å². The molecule has 2 aromatic carbocycles. The van der Waals surface area contributed by atoms with Gasteiger partial charge in [0.15, 0.2) is 5.96 Å². The van der Waals surface area contributed by atoms with Crippen molar-refractivity contribution in [1.29, 1.82) is 5.41 Å². The minimum Gasteiger partial charge on any atom is -0.493 e. The Morgan fingerprint density at radius 3 is 2.57 bits per heavy atom. The molecule has 2 amide bonds. The highest BCUT2D eigenvalue weighted by molar-refractivity contribution is 6.39. The average molecular weight is 551 g/mol. The third-order valence-corrected chi connectivity index (χ3v) is 6.49. The first-order chi connectivity index (χ1) is 17.6. The molecule has 2 aromatic rings. The van der Waals surface area contributed by atoms with Crippen LogP contribution in [0.15, 0.2) is 36.4 Å². The molecule has 0 bridgehead atoms. The quantitative estimate of drug-likeness (QED) is 0.174. The Bertz CT molecular complexity index is 1170. The summed E-state index contributed by atoms with van der Waals surface area (Å²) in [5.41, 5.74) is 6.86. The van der Waals surface area contributed by atoms with E-state index in [4.69, 9.17) is 39.1 Å². The van der Waals surface area contributed by atoms with E-state index in [-0.39, 0.29) is 40.7 Å². The SMILES string of the molecule is C[C@H](C(=O)O)[C@H](CNC(=O)CNC1CCOc2ccc(NC(=N)N)cc21)NC(=O)c1c(Cl)cccc1Cl. The fourth-order valence-electron chi connectivity index (χ4n) is 3.82. The Labute approximate surface area is 223 Å². The fourth-order valence-corrected chi connectivity index (χ4v) is 4.39. The number of carbonyl (C=O) groups is 3. The monoisotopic (exact) mass is 550 g/mol. The van der Waals surface area contributed by atoms with Gasteiger partial charge in [-0.1, -0.05) is 29.3 Å². The number of ether oxygens (including phenoxy) is 1. The summed E-state index contributed by atoms with van der Waals surface area (Å²) >= 11 is 12.2. The number of nitrogens with one attached hydrogen (secondary N) is 5. The summed E-state index contributed by atoms with van der Waals surface area (Å²) in [5, 5.41) is 28.3. The summed E-state index contributed by atoms with van der Waals surface area (Å²) in [6.45, 7) is 1.70. The molecular formula is C24H28Cl2N6O5. The fraction of sp³-hybridized carbons (Fsp3) is 0.333. The molecule has 1 unspecified atom stereocenters. The Morgan fingerprint density at radius 2 is 1.92 bits per heavy atom. The number of guanidine groups is 1. The number of aliphatic carboxylic acids is 1. The van der Waals surface area contributed by atoms with Crippen molar-refractivity contribution in [2.45, 2.75) is 25.4 Å².